The van der Waals surface area contributed by atoms with Crippen LogP contribution in [0.4, 0.5) is 0 Å². The van der Waals surface area contributed by atoms with Crippen LogP contribution in [-0.2, 0) is 0 Å². The van der Waals surface area contributed by atoms with Crippen molar-refractivity contribution in [3.63, 3.8) is 0 Å². The van der Waals surface area contributed by atoms with Crippen molar-refractivity contribution >= 4 is 22.8 Å². The highest BCUT2D eigenvalue weighted by Crippen LogP contribution is 2.17. The molecule has 2 amide bonds. The Bertz CT molecular complexity index is 1020. The molecule has 7 nitrogen and oxygen atoms in total. The summed E-state index contributed by atoms with van der Waals surface area (Å²) in [7, 11) is 0. The molecule has 0 radical (unpaired) electrons. The van der Waals surface area contributed by atoms with Gasteiger partial charge in [-0.15, -0.1) is 0 Å². The van der Waals surface area contributed by atoms with Gasteiger partial charge in [-0.3, -0.25) is 9.59 Å². The number of carbonyl (C=O) groups is 2. The Kier molecular flexibility index (Phi) is 4.81. The third-order valence-electron chi connectivity index (χ3n) is 5.22. The third-order valence-corrected chi connectivity index (χ3v) is 5.22. The highest BCUT2D eigenvalue weighted by atomic mass is 16.3. The molecule has 1 N–H and O–H groups in total. The number of piperidine rings is 1. The van der Waals surface area contributed by atoms with Crippen molar-refractivity contribution in [3.8, 4) is 0 Å². The number of aromatic nitrogens is 2. The van der Waals surface area contributed by atoms with E-state index in [0.29, 0.717) is 24.2 Å². The second-order valence-corrected chi connectivity index (χ2v) is 7.15. The molecular weight excluding hydrogens is 356 g/mol. The molecule has 1 aromatic carbocycles. The molecule has 1 aliphatic rings. The lowest BCUT2D eigenvalue weighted by atomic mass is 10.0. The van der Waals surface area contributed by atoms with Gasteiger partial charge < -0.3 is 14.6 Å². The van der Waals surface area contributed by atoms with Crippen molar-refractivity contribution in [2.24, 2.45) is 0 Å². The van der Waals surface area contributed by atoms with E-state index < -0.39 is 0 Å². The fraction of sp³-hybridized carbons (Fsp3) is 0.333. The molecule has 0 bridgehead atoms. The van der Waals surface area contributed by atoms with E-state index in [9.17, 15) is 9.59 Å². The van der Waals surface area contributed by atoms with E-state index in [0.717, 1.165) is 35.3 Å². The van der Waals surface area contributed by atoms with E-state index in [1.165, 1.54) is 12.5 Å². The molecule has 0 unspecified atom stereocenters. The average Bonchev–Trinajstić information content (AvgIpc) is 3.23. The predicted molar refractivity (Wildman–Crippen MR) is 104 cm³/mol. The molecule has 28 heavy (non-hydrogen) atoms. The number of fused-ring (bicyclic) bond motifs is 1. The Morgan fingerprint density at radius 2 is 1.75 bits per heavy atom. The molecule has 0 atom stereocenters. The van der Waals surface area contributed by atoms with E-state index >= 15 is 0 Å². The molecule has 0 aliphatic carbocycles. The standard InChI is InChI=1S/C21H22N4O3/c1-13-14(2)23-19-11-15(3-4-18(19)22-13)20(26)24-17-5-8-25(9-6-17)21(27)16-7-10-28-12-16/h3-4,7,10-12,17H,5-6,8-9H2,1-2H3,(H,24,26). The molecule has 3 heterocycles. The van der Waals surface area contributed by atoms with Gasteiger partial charge in [-0.05, 0) is 51.0 Å². The van der Waals surface area contributed by atoms with Crippen molar-refractivity contribution in [2.75, 3.05) is 13.1 Å². The Labute approximate surface area is 162 Å². The lowest BCUT2D eigenvalue weighted by Gasteiger charge is -2.32. The zero-order valence-electron chi connectivity index (χ0n) is 15.9. The van der Waals surface area contributed by atoms with Crippen LogP contribution in [0.25, 0.3) is 11.0 Å². The van der Waals surface area contributed by atoms with Gasteiger partial charge in [0.05, 0.1) is 34.2 Å². The van der Waals surface area contributed by atoms with Crippen LogP contribution in [0.1, 0.15) is 44.9 Å². The van der Waals surface area contributed by atoms with Crippen molar-refractivity contribution in [3.05, 3.63) is 59.3 Å². The van der Waals surface area contributed by atoms with Gasteiger partial charge in [-0.2, -0.15) is 0 Å². The molecule has 1 saturated heterocycles. The quantitative estimate of drug-likeness (QED) is 0.757. The molecule has 4 rings (SSSR count). The van der Waals surface area contributed by atoms with Crippen molar-refractivity contribution in [1.82, 2.24) is 20.2 Å². The topological polar surface area (TPSA) is 88.3 Å². The summed E-state index contributed by atoms with van der Waals surface area (Å²) in [4.78, 5) is 35.8. The molecule has 3 aromatic rings. The van der Waals surface area contributed by atoms with Crippen molar-refractivity contribution < 1.29 is 14.0 Å². The van der Waals surface area contributed by atoms with Crippen molar-refractivity contribution in [2.45, 2.75) is 32.7 Å². The van der Waals surface area contributed by atoms with Crippen LogP contribution >= 0.6 is 0 Å². The Balaban J connectivity index is 1.39. The lowest BCUT2D eigenvalue weighted by Crippen LogP contribution is -2.46. The van der Waals surface area contributed by atoms with E-state index in [-0.39, 0.29) is 17.9 Å². The van der Waals surface area contributed by atoms with Gasteiger partial charge in [0.25, 0.3) is 11.8 Å². The van der Waals surface area contributed by atoms with Crippen LogP contribution < -0.4 is 5.32 Å². The minimum atomic E-state index is -0.124. The second-order valence-electron chi connectivity index (χ2n) is 7.15. The van der Waals surface area contributed by atoms with Gasteiger partial charge in [-0.1, -0.05) is 0 Å². The first-order valence-electron chi connectivity index (χ1n) is 9.38. The van der Waals surface area contributed by atoms with Crippen LogP contribution in [0.2, 0.25) is 0 Å². The summed E-state index contributed by atoms with van der Waals surface area (Å²) in [5.74, 6) is -0.154. The summed E-state index contributed by atoms with van der Waals surface area (Å²) < 4.78 is 4.98. The summed E-state index contributed by atoms with van der Waals surface area (Å²) in [5, 5.41) is 3.08. The number of nitrogens with one attached hydrogen (secondary N) is 1. The summed E-state index contributed by atoms with van der Waals surface area (Å²) in [6.07, 6.45) is 4.40. The van der Waals surface area contributed by atoms with Gasteiger partial charge in [0.2, 0.25) is 0 Å². The lowest BCUT2D eigenvalue weighted by molar-refractivity contribution is 0.0697. The zero-order valence-corrected chi connectivity index (χ0v) is 15.9. The predicted octanol–water partition coefficient (Wildman–Crippen LogP) is 2.87. The maximum atomic E-state index is 12.7. The van der Waals surface area contributed by atoms with Gasteiger partial charge in [0.1, 0.15) is 6.26 Å². The zero-order chi connectivity index (χ0) is 19.7. The van der Waals surface area contributed by atoms with Crippen LogP contribution in [0.5, 0.6) is 0 Å². The van der Waals surface area contributed by atoms with Crippen LogP contribution in [0.3, 0.4) is 0 Å². The SMILES string of the molecule is Cc1nc2ccc(C(=O)NC3CCN(C(=O)c4ccoc4)CC3)cc2nc1C. The maximum absolute atomic E-state index is 12.7. The van der Waals surface area contributed by atoms with E-state index in [1.807, 2.05) is 19.9 Å². The molecule has 1 aliphatic heterocycles. The minimum absolute atomic E-state index is 0.0303. The van der Waals surface area contributed by atoms with E-state index in [4.69, 9.17) is 4.42 Å². The average molecular weight is 378 g/mol. The van der Waals surface area contributed by atoms with E-state index in [1.54, 1.807) is 23.1 Å². The second kappa shape index (κ2) is 7.42. The highest BCUT2D eigenvalue weighted by Gasteiger charge is 2.25. The number of rotatable bonds is 3. The first-order chi connectivity index (χ1) is 13.5. The molecule has 7 heteroatoms. The Morgan fingerprint density at radius 3 is 2.43 bits per heavy atom. The first kappa shape index (κ1) is 18.2. The number of hydrogen-bond donors (Lipinski definition) is 1. The number of amides is 2. The smallest absolute Gasteiger partial charge is 0.257 e. The maximum Gasteiger partial charge on any atom is 0.257 e. The normalized spacial score (nSPS) is 15.0. The largest absolute Gasteiger partial charge is 0.472 e. The number of hydrogen-bond acceptors (Lipinski definition) is 5. The highest BCUT2D eigenvalue weighted by molar-refractivity contribution is 5.97. The number of nitrogens with zero attached hydrogens (tertiary/aromatic N) is 3. The van der Waals surface area contributed by atoms with Crippen LogP contribution in [0, 0.1) is 13.8 Å². The Morgan fingerprint density at radius 1 is 1.04 bits per heavy atom. The van der Waals surface area contributed by atoms with Crippen LogP contribution in [-0.4, -0.2) is 45.8 Å². The molecular formula is C21H22N4O3. The molecule has 0 saturated carbocycles. The summed E-state index contributed by atoms with van der Waals surface area (Å²) in [6.45, 7) is 5.05. The number of likely N-dealkylation sites (tertiary alicyclic amines) is 1. The molecule has 144 valence electrons. The molecule has 0 spiro atoms. The van der Waals surface area contributed by atoms with Gasteiger partial charge >= 0.3 is 0 Å². The monoisotopic (exact) mass is 378 g/mol. The fourth-order valence-electron chi connectivity index (χ4n) is 3.44. The Hall–Kier alpha value is -3.22. The van der Waals surface area contributed by atoms with E-state index in [2.05, 4.69) is 15.3 Å². The first-order valence-corrected chi connectivity index (χ1v) is 9.38. The van der Waals surface area contributed by atoms with Crippen LogP contribution in [0.15, 0.2) is 41.2 Å². The number of furan rings is 1. The number of benzene rings is 1. The minimum Gasteiger partial charge on any atom is -0.472 e. The summed E-state index contributed by atoms with van der Waals surface area (Å²) in [6, 6.07) is 7.10. The van der Waals surface area contributed by atoms with Gasteiger partial charge in [-0.25, -0.2) is 9.97 Å². The molecule has 1 fully saturated rings. The summed E-state index contributed by atoms with van der Waals surface area (Å²) in [5.41, 5.74) is 4.38. The number of carbonyl (C=O) groups excluding carboxylic acids is 2. The van der Waals surface area contributed by atoms with Gasteiger partial charge in [0, 0.05) is 24.7 Å². The fourth-order valence-corrected chi connectivity index (χ4v) is 3.44. The molecule has 2 aromatic heterocycles. The van der Waals surface area contributed by atoms with Crippen molar-refractivity contribution in [1.29, 1.82) is 0 Å². The third kappa shape index (κ3) is 3.60. The van der Waals surface area contributed by atoms with Gasteiger partial charge in [0.15, 0.2) is 0 Å². The summed E-state index contributed by atoms with van der Waals surface area (Å²) >= 11 is 0. The number of aryl methyl sites for hydroxylation is 2.